The van der Waals surface area contributed by atoms with E-state index in [4.69, 9.17) is 10.5 Å². The number of nitrogen functional groups attached to an aromatic ring is 1. The fraction of sp³-hybridized carbons (Fsp3) is 0.500. The molecule has 98 valence electrons. The maximum Gasteiger partial charge on any atom is 0.176 e. The molecule has 0 radical (unpaired) electrons. The lowest BCUT2D eigenvalue weighted by molar-refractivity contribution is 0.0955. The van der Waals surface area contributed by atoms with Crippen molar-refractivity contribution < 1.29 is 9.53 Å². The monoisotopic (exact) mass is 248 g/mol. The van der Waals surface area contributed by atoms with Gasteiger partial charge in [0.2, 0.25) is 0 Å². The molecule has 0 aliphatic carbocycles. The van der Waals surface area contributed by atoms with Crippen LogP contribution >= 0.6 is 0 Å². The van der Waals surface area contributed by atoms with Crippen molar-refractivity contribution in [3.8, 4) is 0 Å². The Morgan fingerprint density at radius 3 is 3.06 bits per heavy atom. The van der Waals surface area contributed by atoms with Crippen LogP contribution in [0.4, 0.5) is 5.69 Å². The van der Waals surface area contributed by atoms with Crippen LogP contribution in [-0.4, -0.2) is 31.6 Å². The van der Waals surface area contributed by atoms with Gasteiger partial charge >= 0.3 is 0 Å². The van der Waals surface area contributed by atoms with E-state index in [9.17, 15) is 4.79 Å². The molecule has 0 bridgehead atoms. The van der Waals surface area contributed by atoms with Crippen LogP contribution in [0.2, 0.25) is 0 Å². The lowest BCUT2D eigenvalue weighted by Crippen LogP contribution is -2.30. The quantitative estimate of drug-likeness (QED) is 0.612. The van der Waals surface area contributed by atoms with E-state index in [0.29, 0.717) is 17.8 Å². The zero-order valence-corrected chi connectivity index (χ0v) is 10.7. The first kappa shape index (κ1) is 13.1. The summed E-state index contributed by atoms with van der Waals surface area (Å²) in [4.78, 5) is 11.9. The lowest BCUT2D eigenvalue weighted by Gasteiger charge is -2.10. The summed E-state index contributed by atoms with van der Waals surface area (Å²) < 4.78 is 5.48. The van der Waals surface area contributed by atoms with Gasteiger partial charge in [-0.15, -0.1) is 0 Å². The summed E-state index contributed by atoms with van der Waals surface area (Å²) in [5.74, 6) is 0.0692. The van der Waals surface area contributed by atoms with Crippen LogP contribution < -0.4 is 11.1 Å². The van der Waals surface area contributed by atoms with Gasteiger partial charge in [0.05, 0.1) is 12.6 Å². The Morgan fingerprint density at radius 1 is 1.56 bits per heavy atom. The van der Waals surface area contributed by atoms with Gasteiger partial charge in [-0.1, -0.05) is 12.1 Å². The van der Waals surface area contributed by atoms with E-state index in [2.05, 4.69) is 5.32 Å². The van der Waals surface area contributed by atoms with Crippen LogP contribution in [0.15, 0.2) is 18.2 Å². The normalized spacial score (nSPS) is 19.1. The van der Waals surface area contributed by atoms with Crippen molar-refractivity contribution in [2.75, 3.05) is 25.4 Å². The molecule has 1 aromatic rings. The number of nitrogens with two attached hydrogens (primary N) is 1. The first-order valence-electron chi connectivity index (χ1n) is 6.38. The van der Waals surface area contributed by atoms with Gasteiger partial charge in [-0.05, 0) is 31.4 Å². The van der Waals surface area contributed by atoms with E-state index in [1.54, 1.807) is 6.07 Å². The van der Waals surface area contributed by atoms with Crippen molar-refractivity contribution in [3.63, 3.8) is 0 Å². The number of ether oxygens (including phenoxy) is 1. The van der Waals surface area contributed by atoms with Gasteiger partial charge < -0.3 is 15.8 Å². The molecule has 3 N–H and O–H groups in total. The number of aryl methyl sites for hydroxylation is 1. The van der Waals surface area contributed by atoms with E-state index >= 15 is 0 Å². The Balaban J connectivity index is 1.81. The van der Waals surface area contributed by atoms with Gasteiger partial charge in [0.25, 0.3) is 0 Å². The zero-order chi connectivity index (χ0) is 13.0. The highest BCUT2D eigenvalue weighted by Crippen LogP contribution is 2.13. The molecule has 2 rings (SSSR count). The number of anilines is 1. The second-order valence-electron chi connectivity index (χ2n) is 4.76. The lowest BCUT2D eigenvalue weighted by atomic mass is 10.1. The number of nitrogens with one attached hydrogen (secondary N) is 1. The molecule has 1 unspecified atom stereocenters. The van der Waals surface area contributed by atoms with Crippen LogP contribution in [0.3, 0.4) is 0 Å². The minimum atomic E-state index is 0.0692. The molecule has 1 atom stereocenters. The van der Waals surface area contributed by atoms with Crippen molar-refractivity contribution in [1.29, 1.82) is 0 Å². The smallest absolute Gasteiger partial charge is 0.176 e. The summed E-state index contributed by atoms with van der Waals surface area (Å²) in [6, 6.07) is 5.44. The Morgan fingerprint density at radius 2 is 2.39 bits per heavy atom. The summed E-state index contributed by atoms with van der Waals surface area (Å²) in [7, 11) is 0. The molecule has 0 saturated carbocycles. The fourth-order valence-electron chi connectivity index (χ4n) is 2.07. The highest BCUT2D eigenvalue weighted by Gasteiger charge is 2.15. The number of carbonyl (C=O) groups excluding carboxylic acids is 1. The molecule has 4 heteroatoms. The maximum atomic E-state index is 11.9. The fourth-order valence-corrected chi connectivity index (χ4v) is 2.07. The summed E-state index contributed by atoms with van der Waals surface area (Å²) in [6.45, 7) is 3.85. The Kier molecular flexibility index (Phi) is 4.33. The van der Waals surface area contributed by atoms with Gasteiger partial charge in [0.15, 0.2) is 5.78 Å². The third-order valence-corrected chi connectivity index (χ3v) is 3.28. The van der Waals surface area contributed by atoms with E-state index in [1.807, 2.05) is 19.1 Å². The van der Waals surface area contributed by atoms with Gasteiger partial charge in [0, 0.05) is 24.4 Å². The number of Topliss-reactive ketones (excluding diaryl/α,β-unsaturated/α-hetero) is 1. The van der Waals surface area contributed by atoms with Crippen molar-refractivity contribution in [1.82, 2.24) is 5.32 Å². The standard InChI is InChI=1S/C14H20N2O2/c1-10-4-5-11(7-13(10)15)14(17)9-16-8-12-3-2-6-18-12/h4-5,7,12,16H,2-3,6,8-9,15H2,1H3. The summed E-state index contributed by atoms with van der Waals surface area (Å²) in [5.41, 5.74) is 8.12. The molecule has 1 heterocycles. The number of benzene rings is 1. The second-order valence-corrected chi connectivity index (χ2v) is 4.76. The predicted octanol–water partition coefficient (Wildman–Crippen LogP) is 1.53. The van der Waals surface area contributed by atoms with Crippen LogP contribution in [0.1, 0.15) is 28.8 Å². The SMILES string of the molecule is Cc1ccc(C(=O)CNCC2CCCO2)cc1N. The predicted molar refractivity (Wildman–Crippen MR) is 71.8 cm³/mol. The number of rotatable bonds is 5. The Bertz CT molecular complexity index is 426. The first-order valence-corrected chi connectivity index (χ1v) is 6.38. The average molecular weight is 248 g/mol. The van der Waals surface area contributed by atoms with E-state index in [0.717, 1.165) is 31.6 Å². The summed E-state index contributed by atoms with van der Waals surface area (Å²) in [6.07, 6.45) is 2.47. The minimum absolute atomic E-state index is 0.0692. The van der Waals surface area contributed by atoms with Crippen molar-refractivity contribution in [2.24, 2.45) is 0 Å². The highest BCUT2D eigenvalue weighted by molar-refractivity contribution is 5.98. The van der Waals surface area contributed by atoms with Gasteiger partial charge in [0.1, 0.15) is 0 Å². The molecule has 1 saturated heterocycles. The third kappa shape index (κ3) is 3.31. The molecule has 0 aromatic heterocycles. The zero-order valence-electron chi connectivity index (χ0n) is 10.7. The molecule has 18 heavy (non-hydrogen) atoms. The van der Waals surface area contributed by atoms with Crippen LogP contribution in [-0.2, 0) is 4.74 Å². The highest BCUT2D eigenvalue weighted by atomic mass is 16.5. The van der Waals surface area contributed by atoms with E-state index in [1.165, 1.54) is 0 Å². The maximum absolute atomic E-state index is 11.9. The molecular formula is C14H20N2O2. The van der Waals surface area contributed by atoms with Crippen molar-refractivity contribution >= 4 is 11.5 Å². The largest absolute Gasteiger partial charge is 0.398 e. The van der Waals surface area contributed by atoms with Gasteiger partial charge in [-0.3, -0.25) is 4.79 Å². The Hall–Kier alpha value is -1.39. The van der Waals surface area contributed by atoms with Crippen LogP contribution in [0.25, 0.3) is 0 Å². The number of hydrogen-bond acceptors (Lipinski definition) is 4. The molecule has 4 nitrogen and oxygen atoms in total. The van der Waals surface area contributed by atoms with Gasteiger partial charge in [-0.25, -0.2) is 0 Å². The first-order chi connectivity index (χ1) is 8.66. The molecular weight excluding hydrogens is 228 g/mol. The van der Waals surface area contributed by atoms with Crippen molar-refractivity contribution in [2.45, 2.75) is 25.9 Å². The molecule has 1 aliphatic rings. The second kappa shape index (κ2) is 5.98. The van der Waals surface area contributed by atoms with Crippen molar-refractivity contribution in [3.05, 3.63) is 29.3 Å². The van der Waals surface area contributed by atoms with Crippen LogP contribution in [0, 0.1) is 6.92 Å². The molecule has 1 aromatic carbocycles. The summed E-state index contributed by atoms with van der Waals surface area (Å²) >= 11 is 0. The average Bonchev–Trinajstić information content (AvgIpc) is 2.85. The number of hydrogen-bond donors (Lipinski definition) is 2. The van der Waals surface area contributed by atoms with E-state index in [-0.39, 0.29) is 11.9 Å². The minimum Gasteiger partial charge on any atom is -0.398 e. The summed E-state index contributed by atoms with van der Waals surface area (Å²) in [5, 5.41) is 3.14. The molecule has 0 amide bonds. The van der Waals surface area contributed by atoms with E-state index < -0.39 is 0 Å². The molecule has 1 aliphatic heterocycles. The number of carbonyl (C=O) groups is 1. The third-order valence-electron chi connectivity index (χ3n) is 3.28. The molecule has 1 fully saturated rings. The Labute approximate surface area is 108 Å². The van der Waals surface area contributed by atoms with Gasteiger partial charge in [-0.2, -0.15) is 0 Å². The number of ketones is 1. The topological polar surface area (TPSA) is 64.3 Å². The van der Waals surface area contributed by atoms with Crippen LogP contribution in [0.5, 0.6) is 0 Å². The molecule has 0 spiro atoms.